The van der Waals surface area contributed by atoms with Crippen LogP contribution in [0.5, 0.6) is 0 Å². The van der Waals surface area contributed by atoms with Crippen LogP contribution in [0.4, 0.5) is 0 Å². The third-order valence-electron chi connectivity index (χ3n) is 3.32. The van der Waals surface area contributed by atoms with E-state index < -0.39 is 0 Å². The molecule has 0 heterocycles. The Kier molecular flexibility index (Phi) is 9.30. The average Bonchev–Trinajstić information content (AvgIpc) is 2.29. The SMILES string of the molecule is C1=CCCCCCCC=CCCCCCC1. The van der Waals surface area contributed by atoms with Gasteiger partial charge in [0, 0.05) is 0 Å². The van der Waals surface area contributed by atoms with Crippen molar-refractivity contribution in [1.29, 1.82) is 0 Å². The highest BCUT2D eigenvalue weighted by Gasteiger charge is 1.90. The largest absolute Gasteiger partial charge is 0.0885 e. The van der Waals surface area contributed by atoms with Gasteiger partial charge in [-0.3, -0.25) is 0 Å². The molecule has 0 radical (unpaired) electrons. The molecular formula is C16H28. The van der Waals surface area contributed by atoms with Crippen LogP contribution >= 0.6 is 0 Å². The third kappa shape index (κ3) is 8.76. The van der Waals surface area contributed by atoms with E-state index in [0.29, 0.717) is 0 Å². The predicted molar refractivity (Wildman–Crippen MR) is 73.7 cm³/mol. The normalized spacial score (nSPS) is 22.0. The van der Waals surface area contributed by atoms with Crippen molar-refractivity contribution in [1.82, 2.24) is 0 Å². The first-order valence-electron chi connectivity index (χ1n) is 7.30. The molecule has 1 aliphatic rings. The maximum Gasteiger partial charge on any atom is -0.0351 e. The van der Waals surface area contributed by atoms with Gasteiger partial charge in [0.1, 0.15) is 0 Å². The number of rotatable bonds is 0. The topological polar surface area (TPSA) is 0 Å². The molecule has 0 aromatic heterocycles. The van der Waals surface area contributed by atoms with Crippen LogP contribution < -0.4 is 0 Å². The van der Waals surface area contributed by atoms with Gasteiger partial charge in [-0.25, -0.2) is 0 Å². The molecule has 0 unspecified atom stereocenters. The lowest BCUT2D eigenvalue weighted by Crippen LogP contribution is -1.80. The van der Waals surface area contributed by atoms with Gasteiger partial charge in [-0.2, -0.15) is 0 Å². The van der Waals surface area contributed by atoms with Gasteiger partial charge in [-0.15, -0.1) is 0 Å². The van der Waals surface area contributed by atoms with E-state index in [1.54, 1.807) is 0 Å². The fourth-order valence-electron chi connectivity index (χ4n) is 2.23. The van der Waals surface area contributed by atoms with Crippen molar-refractivity contribution in [2.45, 2.75) is 77.0 Å². The van der Waals surface area contributed by atoms with Gasteiger partial charge in [0.15, 0.2) is 0 Å². The molecule has 0 bridgehead atoms. The minimum Gasteiger partial charge on any atom is -0.0885 e. The maximum atomic E-state index is 2.39. The minimum absolute atomic E-state index is 1.30. The fourth-order valence-corrected chi connectivity index (χ4v) is 2.23. The van der Waals surface area contributed by atoms with Gasteiger partial charge in [0.25, 0.3) is 0 Å². The smallest absolute Gasteiger partial charge is 0.0351 e. The van der Waals surface area contributed by atoms with Crippen molar-refractivity contribution in [3.63, 3.8) is 0 Å². The molecule has 0 atom stereocenters. The van der Waals surface area contributed by atoms with Crippen LogP contribution in [0.2, 0.25) is 0 Å². The Labute approximate surface area is 102 Å². The lowest BCUT2D eigenvalue weighted by molar-refractivity contribution is 0.638. The number of hydrogen-bond donors (Lipinski definition) is 0. The van der Waals surface area contributed by atoms with E-state index in [1.165, 1.54) is 77.0 Å². The molecule has 0 saturated carbocycles. The molecule has 0 nitrogen and oxygen atoms in total. The Morgan fingerprint density at radius 1 is 0.312 bits per heavy atom. The second kappa shape index (κ2) is 11.0. The second-order valence-corrected chi connectivity index (χ2v) is 4.93. The molecule has 0 fully saturated rings. The van der Waals surface area contributed by atoms with Gasteiger partial charge in [-0.1, -0.05) is 50.0 Å². The van der Waals surface area contributed by atoms with Crippen LogP contribution in [-0.4, -0.2) is 0 Å². The third-order valence-corrected chi connectivity index (χ3v) is 3.32. The summed E-state index contributed by atoms with van der Waals surface area (Å²) in [5.41, 5.74) is 0. The molecule has 1 aliphatic carbocycles. The predicted octanol–water partition coefficient (Wildman–Crippen LogP) is 5.79. The average molecular weight is 220 g/mol. The van der Waals surface area contributed by atoms with Gasteiger partial charge < -0.3 is 0 Å². The Balaban J connectivity index is 2.13. The Bertz CT molecular complexity index is 146. The number of allylic oxidation sites excluding steroid dienone is 4. The van der Waals surface area contributed by atoms with E-state index in [9.17, 15) is 0 Å². The van der Waals surface area contributed by atoms with E-state index >= 15 is 0 Å². The summed E-state index contributed by atoms with van der Waals surface area (Å²) in [5.74, 6) is 0. The van der Waals surface area contributed by atoms with E-state index in [1.807, 2.05) is 0 Å². The standard InChI is InChI=1S/C16H28/c1-2-4-6-8-10-12-14-16-15-13-11-9-7-5-3-1/h1-2,15-16H,3-14H2. The van der Waals surface area contributed by atoms with Gasteiger partial charge >= 0.3 is 0 Å². The molecule has 92 valence electrons. The minimum atomic E-state index is 1.30. The first-order valence-corrected chi connectivity index (χ1v) is 7.30. The quantitative estimate of drug-likeness (QED) is 0.453. The number of hydrogen-bond acceptors (Lipinski definition) is 0. The molecule has 0 N–H and O–H groups in total. The van der Waals surface area contributed by atoms with Crippen molar-refractivity contribution in [3.05, 3.63) is 24.3 Å². The van der Waals surface area contributed by atoms with Crippen LogP contribution in [0.3, 0.4) is 0 Å². The molecule has 0 aliphatic heterocycles. The van der Waals surface area contributed by atoms with Gasteiger partial charge in [0.2, 0.25) is 0 Å². The summed E-state index contributed by atoms with van der Waals surface area (Å²) in [7, 11) is 0. The lowest BCUT2D eigenvalue weighted by Gasteiger charge is -2.00. The van der Waals surface area contributed by atoms with E-state index in [-0.39, 0.29) is 0 Å². The summed E-state index contributed by atoms with van der Waals surface area (Å²) >= 11 is 0. The first-order chi connectivity index (χ1) is 8.00. The monoisotopic (exact) mass is 220 g/mol. The first kappa shape index (κ1) is 13.5. The van der Waals surface area contributed by atoms with Crippen molar-refractivity contribution in [2.24, 2.45) is 0 Å². The van der Waals surface area contributed by atoms with Crippen molar-refractivity contribution < 1.29 is 0 Å². The van der Waals surface area contributed by atoms with Crippen LogP contribution in [0, 0.1) is 0 Å². The van der Waals surface area contributed by atoms with Crippen LogP contribution in [0.25, 0.3) is 0 Å². The highest BCUT2D eigenvalue weighted by atomic mass is 14.0. The highest BCUT2D eigenvalue weighted by Crippen LogP contribution is 2.10. The highest BCUT2D eigenvalue weighted by molar-refractivity contribution is 4.83. The zero-order chi connectivity index (χ0) is 11.3. The zero-order valence-corrected chi connectivity index (χ0v) is 10.8. The maximum absolute atomic E-state index is 2.39. The van der Waals surface area contributed by atoms with Gasteiger partial charge in [-0.05, 0) is 51.4 Å². The Morgan fingerprint density at radius 3 is 0.812 bits per heavy atom. The molecule has 16 heavy (non-hydrogen) atoms. The molecule has 0 aromatic rings. The van der Waals surface area contributed by atoms with Crippen molar-refractivity contribution in [2.75, 3.05) is 0 Å². The molecular weight excluding hydrogens is 192 g/mol. The molecule has 0 saturated heterocycles. The van der Waals surface area contributed by atoms with Crippen molar-refractivity contribution >= 4 is 0 Å². The van der Waals surface area contributed by atoms with Crippen LogP contribution in [0.1, 0.15) is 77.0 Å². The summed E-state index contributed by atoms with van der Waals surface area (Å²) in [4.78, 5) is 0. The molecule has 0 amide bonds. The summed E-state index contributed by atoms with van der Waals surface area (Å²) in [6.07, 6.45) is 26.0. The Hall–Kier alpha value is -0.520. The summed E-state index contributed by atoms with van der Waals surface area (Å²) < 4.78 is 0. The zero-order valence-electron chi connectivity index (χ0n) is 10.8. The van der Waals surface area contributed by atoms with Crippen LogP contribution in [-0.2, 0) is 0 Å². The second-order valence-electron chi connectivity index (χ2n) is 4.93. The van der Waals surface area contributed by atoms with E-state index in [4.69, 9.17) is 0 Å². The van der Waals surface area contributed by atoms with E-state index in [0.717, 1.165) is 0 Å². The van der Waals surface area contributed by atoms with E-state index in [2.05, 4.69) is 24.3 Å². The van der Waals surface area contributed by atoms with Crippen LogP contribution in [0.15, 0.2) is 24.3 Å². The van der Waals surface area contributed by atoms with Gasteiger partial charge in [0.05, 0.1) is 0 Å². The summed E-state index contributed by atoms with van der Waals surface area (Å²) in [5, 5.41) is 0. The summed E-state index contributed by atoms with van der Waals surface area (Å²) in [6, 6.07) is 0. The lowest BCUT2D eigenvalue weighted by atomic mass is 10.1. The Morgan fingerprint density at radius 2 is 0.562 bits per heavy atom. The fraction of sp³-hybridized carbons (Fsp3) is 0.750. The molecule has 0 spiro atoms. The summed E-state index contributed by atoms with van der Waals surface area (Å²) in [6.45, 7) is 0. The molecule has 1 rings (SSSR count). The molecule has 0 heteroatoms. The molecule has 0 aromatic carbocycles. The van der Waals surface area contributed by atoms with Crippen molar-refractivity contribution in [3.8, 4) is 0 Å².